The molecule has 0 spiro atoms. The van der Waals surface area contributed by atoms with Crippen LogP contribution >= 0.6 is 0 Å². The first-order chi connectivity index (χ1) is 9.08. The Bertz CT molecular complexity index is 444. The Morgan fingerprint density at radius 1 is 1.47 bits per heavy atom. The maximum Gasteiger partial charge on any atom is 0.307 e. The third-order valence-electron chi connectivity index (χ3n) is 3.58. The smallest absolute Gasteiger partial charge is 0.307 e. The maximum atomic E-state index is 12.1. The molecule has 19 heavy (non-hydrogen) atoms. The Hall–Kier alpha value is -1.85. The Labute approximate surface area is 111 Å². The summed E-state index contributed by atoms with van der Waals surface area (Å²) in [4.78, 5) is 23.2. The monoisotopic (exact) mass is 265 g/mol. The SMILES string of the molecule is CC(Cn1cccn1)NC(=O)[C@@H]1CCC[C@@H]1C(=O)O. The van der Waals surface area contributed by atoms with Crippen molar-refractivity contribution in [3.8, 4) is 0 Å². The van der Waals surface area contributed by atoms with E-state index in [9.17, 15) is 9.59 Å². The molecule has 1 fully saturated rings. The predicted molar refractivity (Wildman–Crippen MR) is 68.3 cm³/mol. The Balaban J connectivity index is 1.88. The van der Waals surface area contributed by atoms with Crippen molar-refractivity contribution < 1.29 is 14.7 Å². The number of aliphatic carboxylic acids is 1. The molecular formula is C13H19N3O3. The molecule has 1 amide bonds. The van der Waals surface area contributed by atoms with E-state index in [1.807, 2.05) is 19.2 Å². The molecule has 1 aliphatic carbocycles. The fourth-order valence-electron chi connectivity index (χ4n) is 2.65. The van der Waals surface area contributed by atoms with E-state index in [4.69, 9.17) is 5.11 Å². The lowest BCUT2D eigenvalue weighted by Crippen LogP contribution is -2.41. The second kappa shape index (κ2) is 5.86. The van der Waals surface area contributed by atoms with Gasteiger partial charge >= 0.3 is 5.97 Å². The Morgan fingerprint density at radius 2 is 2.21 bits per heavy atom. The first kappa shape index (κ1) is 13.6. The van der Waals surface area contributed by atoms with Crippen LogP contribution in [0.25, 0.3) is 0 Å². The van der Waals surface area contributed by atoms with Crippen LogP contribution in [0.15, 0.2) is 18.5 Å². The molecule has 1 aliphatic rings. The summed E-state index contributed by atoms with van der Waals surface area (Å²) in [7, 11) is 0. The lowest BCUT2D eigenvalue weighted by Gasteiger charge is -2.19. The number of rotatable bonds is 5. The number of amides is 1. The summed E-state index contributed by atoms with van der Waals surface area (Å²) in [5.41, 5.74) is 0. The highest BCUT2D eigenvalue weighted by Gasteiger charge is 2.37. The highest BCUT2D eigenvalue weighted by Crippen LogP contribution is 2.32. The van der Waals surface area contributed by atoms with Crippen LogP contribution < -0.4 is 5.32 Å². The van der Waals surface area contributed by atoms with Crippen molar-refractivity contribution in [1.82, 2.24) is 15.1 Å². The minimum Gasteiger partial charge on any atom is -0.481 e. The van der Waals surface area contributed by atoms with E-state index in [-0.39, 0.29) is 11.9 Å². The fraction of sp³-hybridized carbons (Fsp3) is 0.615. The molecule has 6 heteroatoms. The molecule has 0 aromatic carbocycles. The second-order valence-corrected chi connectivity index (χ2v) is 5.12. The van der Waals surface area contributed by atoms with Gasteiger partial charge in [0, 0.05) is 18.4 Å². The number of carbonyl (C=O) groups excluding carboxylic acids is 1. The van der Waals surface area contributed by atoms with E-state index >= 15 is 0 Å². The molecule has 6 nitrogen and oxygen atoms in total. The largest absolute Gasteiger partial charge is 0.481 e. The molecule has 2 N–H and O–H groups in total. The zero-order chi connectivity index (χ0) is 13.8. The fourth-order valence-corrected chi connectivity index (χ4v) is 2.65. The van der Waals surface area contributed by atoms with Crippen molar-refractivity contribution in [3.05, 3.63) is 18.5 Å². The highest BCUT2D eigenvalue weighted by atomic mass is 16.4. The summed E-state index contributed by atoms with van der Waals surface area (Å²) in [6.07, 6.45) is 5.59. The van der Waals surface area contributed by atoms with Gasteiger partial charge in [-0.2, -0.15) is 5.10 Å². The molecule has 1 saturated carbocycles. The zero-order valence-corrected chi connectivity index (χ0v) is 11.0. The third kappa shape index (κ3) is 3.33. The van der Waals surface area contributed by atoms with E-state index in [1.165, 1.54) is 0 Å². The summed E-state index contributed by atoms with van der Waals surface area (Å²) >= 11 is 0. The van der Waals surface area contributed by atoms with Crippen LogP contribution in [0, 0.1) is 11.8 Å². The van der Waals surface area contributed by atoms with Gasteiger partial charge in [-0.1, -0.05) is 6.42 Å². The number of aromatic nitrogens is 2. The Morgan fingerprint density at radius 3 is 2.84 bits per heavy atom. The van der Waals surface area contributed by atoms with Gasteiger partial charge in [0.05, 0.1) is 18.4 Å². The lowest BCUT2D eigenvalue weighted by atomic mass is 9.95. The van der Waals surface area contributed by atoms with Gasteiger partial charge in [-0.15, -0.1) is 0 Å². The van der Waals surface area contributed by atoms with Crippen molar-refractivity contribution >= 4 is 11.9 Å². The number of nitrogens with one attached hydrogen (secondary N) is 1. The summed E-state index contributed by atoms with van der Waals surface area (Å²) in [5, 5.41) is 16.0. The number of hydrogen-bond acceptors (Lipinski definition) is 3. The molecular weight excluding hydrogens is 246 g/mol. The van der Waals surface area contributed by atoms with Gasteiger partial charge in [0.2, 0.25) is 5.91 Å². The molecule has 1 unspecified atom stereocenters. The number of carbonyl (C=O) groups is 2. The molecule has 0 saturated heterocycles. The minimum atomic E-state index is -0.864. The third-order valence-corrected chi connectivity index (χ3v) is 3.58. The molecule has 0 radical (unpaired) electrons. The van der Waals surface area contributed by atoms with Crippen LogP contribution in [0.1, 0.15) is 26.2 Å². The van der Waals surface area contributed by atoms with Crippen LogP contribution in [0.4, 0.5) is 0 Å². The summed E-state index contributed by atoms with van der Waals surface area (Å²) in [5.74, 6) is -1.93. The van der Waals surface area contributed by atoms with E-state index in [0.29, 0.717) is 19.4 Å². The van der Waals surface area contributed by atoms with E-state index < -0.39 is 17.8 Å². The van der Waals surface area contributed by atoms with Gasteiger partial charge in [-0.25, -0.2) is 0 Å². The second-order valence-electron chi connectivity index (χ2n) is 5.12. The molecule has 0 aliphatic heterocycles. The van der Waals surface area contributed by atoms with E-state index in [0.717, 1.165) is 6.42 Å². The summed E-state index contributed by atoms with van der Waals surface area (Å²) in [6, 6.07) is 1.76. The van der Waals surface area contributed by atoms with Gasteiger partial charge in [-0.3, -0.25) is 14.3 Å². The molecule has 0 bridgehead atoms. The maximum absolute atomic E-state index is 12.1. The van der Waals surface area contributed by atoms with Crippen molar-refractivity contribution in [1.29, 1.82) is 0 Å². The lowest BCUT2D eigenvalue weighted by molar-refractivity contribution is -0.146. The molecule has 3 atom stereocenters. The number of carboxylic acid groups (broad SMARTS) is 1. The van der Waals surface area contributed by atoms with Crippen LogP contribution in [0.3, 0.4) is 0 Å². The van der Waals surface area contributed by atoms with E-state index in [2.05, 4.69) is 10.4 Å². The molecule has 104 valence electrons. The van der Waals surface area contributed by atoms with Crippen LogP contribution in [0.5, 0.6) is 0 Å². The van der Waals surface area contributed by atoms with Crippen molar-refractivity contribution in [2.75, 3.05) is 0 Å². The van der Waals surface area contributed by atoms with Gasteiger partial charge < -0.3 is 10.4 Å². The normalized spacial score (nSPS) is 24.1. The predicted octanol–water partition coefficient (Wildman–Crippen LogP) is 0.889. The first-order valence-corrected chi connectivity index (χ1v) is 6.58. The van der Waals surface area contributed by atoms with Gasteiger partial charge in [0.15, 0.2) is 0 Å². The Kier molecular flexibility index (Phi) is 4.19. The van der Waals surface area contributed by atoms with E-state index in [1.54, 1.807) is 10.9 Å². The van der Waals surface area contributed by atoms with Gasteiger partial charge in [-0.05, 0) is 25.8 Å². The average molecular weight is 265 g/mol. The van der Waals surface area contributed by atoms with Gasteiger partial charge in [0.1, 0.15) is 0 Å². The van der Waals surface area contributed by atoms with Crippen LogP contribution in [-0.4, -0.2) is 32.8 Å². The average Bonchev–Trinajstić information content (AvgIpc) is 2.97. The summed E-state index contributed by atoms with van der Waals surface area (Å²) in [6.45, 7) is 2.48. The minimum absolute atomic E-state index is 0.0672. The van der Waals surface area contributed by atoms with Crippen LogP contribution in [-0.2, 0) is 16.1 Å². The topological polar surface area (TPSA) is 84.2 Å². The van der Waals surface area contributed by atoms with Crippen molar-refractivity contribution in [3.63, 3.8) is 0 Å². The molecule has 1 heterocycles. The molecule has 2 rings (SSSR count). The first-order valence-electron chi connectivity index (χ1n) is 6.58. The van der Waals surface area contributed by atoms with Crippen molar-refractivity contribution in [2.24, 2.45) is 11.8 Å². The number of hydrogen-bond donors (Lipinski definition) is 2. The zero-order valence-electron chi connectivity index (χ0n) is 11.0. The number of carboxylic acids is 1. The quantitative estimate of drug-likeness (QED) is 0.828. The number of nitrogens with zero attached hydrogens (tertiary/aromatic N) is 2. The van der Waals surface area contributed by atoms with Gasteiger partial charge in [0.25, 0.3) is 0 Å². The van der Waals surface area contributed by atoms with Crippen LogP contribution in [0.2, 0.25) is 0 Å². The van der Waals surface area contributed by atoms with Crippen molar-refractivity contribution in [2.45, 2.75) is 38.8 Å². The summed E-state index contributed by atoms with van der Waals surface area (Å²) < 4.78 is 1.74. The molecule has 1 aromatic heterocycles. The molecule has 1 aromatic rings. The standard InChI is InChI=1S/C13H19N3O3/c1-9(8-16-7-3-6-14-16)15-12(17)10-4-2-5-11(10)13(18)19/h3,6-7,9-11H,2,4-5,8H2,1H3,(H,15,17)(H,18,19)/t9?,10-,11+/m1/s1. The highest BCUT2D eigenvalue weighted by molar-refractivity contribution is 5.85.